The minimum atomic E-state index is -1.75. The van der Waals surface area contributed by atoms with Gasteiger partial charge in [-0.1, -0.05) is 48.8 Å². The van der Waals surface area contributed by atoms with Crippen molar-refractivity contribution in [3.63, 3.8) is 0 Å². The fourth-order valence-corrected chi connectivity index (χ4v) is 5.91. The first kappa shape index (κ1) is 15.7. The first-order valence-corrected chi connectivity index (χ1v) is 10.6. The van der Waals surface area contributed by atoms with Crippen molar-refractivity contribution in [2.24, 2.45) is 0 Å². The maximum atomic E-state index is 11.9. The zero-order chi connectivity index (χ0) is 14.8. The van der Waals surface area contributed by atoms with Crippen LogP contribution in [0.5, 0.6) is 0 Å². The third-order valence-corrected chi connectivity index (χ3v) is 9.49. The molecule has 20 heavy (non-hydrogen) atoms. The van der Waals surface area contributed by atoms with E-state index in [0.29, 0.717) is 0 Å². The molecule has 0 spiro atoms. The lowest BCUT2D eigenvalue weighted by molar-refractivity contribution is -0.141. The van der Waals surface area contributed by atoms with E-state index in [1.54, 1.807) is 0 Å². The zero-order valence-corrected chi connectivity index (χ0v) is 14.9. The number of amides is 1. The van der Waals surface area contributed by atoms with Gasteiger partial charge in [-0.3, -0.25) is 4.79 Å². The molecule has 2 rings (SSSR count). The molecule has 1 N–H and O–H groups in total. The molecule has 1 saturated heterocycles. The number of β-lactam (4-membered cyclic amide) rings is 1. The minimum Gasteiger partial charge on any atom is -0.403 e. The van der Waals surface area contributed by atoms with Crippen molar-refractivity contribution in [3.05, 3.63) is 34.3 Å². The molecule has 0 saturated carbocycles. The highest BCUT2D eigenvalue weighted by molar-refractivity contribution is 9.10. The van der Waals surface area contributed by atoms with Gasteiger partial charge in [-0.2, -0.15) is 0 Å². The Labute approximate surface area is 130 Å². The van der Waals surface area contributed by atoms with Crippen LogP contribution in [0.1, 0.15) is 32.4 Å². The van der Waals surface area contributed by atoms with E-state index in [1.807, 2.05) is 24.3 Å². The second-order valence-corrected chi connectivity index (χ2v) is 11.0. The summed E-state index contributed by atoms with van der Waals surface area (Å²) in [5.74, 6) is 0.0298. The largest absolute Gasteiger partial charge is 0.403 e. The fourth-order valence-electron chi connectivity index (χ4n) is 2.72. The summed E-state index contributed by atoms with van der Waals surface area (Å²) in [5, 5.41) is 2.97. The highest BCUT2D eigenvalue weighted by Crippen LogP contribution is 2.34. The van der Waals surface area contributed by atoms with E-state index in [4.69, 9.17) is 4.43 Å². The Kier molecular flexibility index (Phi) is 5.04. The van der Waals surface area contributed by atoms with Gasteiger partial charge in [0.05, 0.1) is 6.04 Å². The highest BCUT2D eigenvalue weighted by atomic mass is 79.9. The normalized spacial score (nSPS) is 22.3. The Hall–Kier alpha value is -0.653. The molecule has 1 heterocycles. The molecule has 0 aliphatic carbocycles. The molecule has 5 heteroatoms. The Morgan fingerprint density at radius 1 is 1.25 bits per heavy atom. The SMILES string of the molecule is CC[Si](CC)(CC)OC1C(=O)NC1c1cccc(Br)c1. The van der Waals surface area contributed by atoms with Crippen molar-refractivity contribution >= 4 is 30.2 Å². The molecule has 2 atom stereocenters. The highest BCUT2D eigenvalue weighted by Gasteiger charge is 2.46. The van der Waals surface area contributed by atoms with Crippen LogP contribution >= 0.6 is 15.9 Å². The molecule has 1 aliphatic rings. The maximum absolute atomic E-state index is 11.9. The lowest BCUT2D eigenvalue weighted by atomic mass is 9.94. The standard InChI is InChI=1S/C15H22BrNO2Si/c1-4-20(5-2,6-3)19-14-13(17-15(14)18)11-8-7-9-12(16)10-11/h7-10,13-14H,4-6H2,1-3H3,(H,17,18). The molecule has 1 amide bonds. The molecule has 2 unspecified atom stereocenters. The van der Waals surface area contributed by atoms with Crippen LogP contribution in [0.25, 0.3) is 0 Å². The Morgan fingerprint density at radius 3 is 2.40 bits per heavy atom. The van der Waals surface area contributed by atoms with Crippen LogP contribution in [-0.4, -0.2) is 20.3 Å². The second kappa shape index (κ2) is 6.41. The molecule has 0 aromatic heterocycles. The van der Waals surface area contributed by atoms with E-state index in [0.717, 1.165) is 28.2 Å². The maximum Gasteiger partial charge on any atom is 0.251 e. The number of hydrogen-bond acceptors (Lipinski definition) is 2. The molecule has 1 aromatic carbocycles. The average Bonchev–Trinajstić information content (AvgIpc) is 2.46. The van der Waals surface area contributed by atoms with Crippen molar-refractivity contribution in [2.45, 2.75) is 51.0 Å². The summed E-state index contributed by atoms with van der Waals surface area (Å²) in [6.45, 7) is 6.55. The molecule has 3 nitrogen and oxygen atoms in total. The van der Waals surface area contributed by atoms with E-state index < -0.39 is 8.32 Å². The summed E-state index contributed by atoms with van der Waals surface area (Å²) in [6.07, 6.45) is -0.309. The predicted octanol–water partition coefficient (Wildman–Crippen LogP) is 4.01. The lowest BCUT2D eigenvalue weighted by Gasteiger charge is -2.42. The number of hydrogen-bond donors (Lipinski definition) is 1. The molecule has 0 radical (unpaired) electrons. The molecular weight excluding hydrogens is 334 g/mol. The van der Waals surface area contributed by atoms with Gasteiger partial charge in [0.25, 0.3) is 5.91 Å². The van der Waals surface area contributed by atoms with Gasteiger partial charge in [0.1, 0.15) is 6.10 Å². The van der Waals surface area contributed by atoms with Gasteiger partial charge < -0.3 is 9.74 Å². The number of benzene rings is 1. The zero-order valence-electron chi connectivity index (χ0n) is 12.3. The van der Waals surface area contributed by atoms with Crippen molar-refractivity contribution in [1.82, 2.24) is 5.32 Å². The van der Waals surface area contributed by atoms with Crippen LogP contribution in [-0.2, 0) is 9.22 Å². The van der Waals surface area contributed by atoms with E-state index in [1.165, 1.54) is 0 Å². The van der Waals surface area contributed by atoms with E-state index >= 15 is 0 Å². The summed E-state index contributed by atoms with van der Waals surface area (Å²) in [6, 6.07) is 11.3. The molecule has 0 bridgehead atoms. The van der Waals surface area contributed by atoms with Gasteiger partial charge in [0.2, 0.25) is 0 Å². The number of rotatable bonds is 6. The lowest BCUT2D eigenvalue weighted by Crippen LogP contribution is -2.60. The summed E-state index contributed by atoms with van der Waals surface area (Å²) in [4.78, 5) is 11.9. The first-order chi connectivity index (χ1) is 9.55. The first-order valence-electron chi connectivity index (χ1n) is 7.29. The number of nitrogens with one attached hydrogen (secondary N) is 1. The number of halogens is 1. The van der Waals surface area contributed by atoms with E-state index in [9.17, 15) is 4.79 Å². The monoisotopic (exact) mass is 355 g/mol. The van der Waals surface area contributed by atoms with Gasteiger partial charge in [-0.05, 0) is 35.8 Å². The molecular formula is C15H22BrNO2Si. The van der Waals surface area contributed by atoms with Crippen LogP contribution in [0, 0.1) is 0 Å². The fraction of sp³-hybridized carbons (Fsp3) is 0.533. The van der Waals surface area contributed by atoms with E-state index in [-0.39, 0.29) is 18.1 Å². The van der Waals surface area contributed by atoms with E-state index in [2.05, 4.69) is 42.0 Å². The van der Waals surface area contributed by atoms with Crippen molar-refractivity contribution in [2.75, 3.05) is 0 Å². The quantitative estimate of drug-likeness (QED) is 0.618. The van der Waals surface area contributed by atoms with Gasteiger partial charge in [0, 0.05) is 4.47 Å². The van der Waals surface area contributed by atoms with Crippen LogP contribution < -0.4 is 5.32 Å². The second-order valence-electron chi connectivity index (χ2n) is 5.32. The van der Waals surface area contributed by atoms with Gasteiger partial charge in [-0.15, -0.1) is 0 Å². The minimum absolute atomic E-state index is 0.00322. The van der Waals surface area contributed by atoms with Gasteiger partial charge >= 0.3 is 0 Å². The average molecular weight is 356 g/mol. The van der Waals surface area contributed by atoms with Crippen molar-refractivity contribution in [3.8, 4) is 0 Å². The topological polar surface area (TPSA) is 38.3 Å². The van der Waals surface area contributed by atoms with Crippen LogP contribution in [0.4, 0.5) is 0 Å². The Balaban J connectivity index is 2.16. The smallest absolute Gasteiger partial charge is 0.251 e. The molecule has 1 fully saturated rings. The summed E-state index contributed by atoms with van der Waals surface area (Å²) >= 11 is 3.48. The summed E-state index contributed by atoms with van der Waals surface area (Å²) < 4.78 is 7.38. The summed E-state index contributed by atoms with van der Waals surface area (Å²) in [5.41, 5.74) is 1.11. The third-order valence-electron chi connectivity index (χ3n) is 4.38. The number of carbonyl (C=O) groups is 1. The predicted molar refractivity (Wildman–Crippen MR) is 87.1 cm³/mol. The van der Waals surface area contributed by atoms with Crippen LogP contribution in [0.2, 0.25) is 18.1 Å². The van der Waals surface area contributed by atoms with Crippen LogP contribution in [0.3, 0.4) is 0 Å². The number of carbonyl (C=O) groups excluding carboxylic acids is 1. The Morgan fingerprint density at radius 2 is 1.90 bits per heavy atom. The van der Waals surface area contributed by atoms with Gasteiger partial charge in [0.15, 0.2) is 8.32 Å². The molecule has 1 aliphatic heterocycles. The molecule has 110 valence electrons. The molecule has 1 aromatic rings. The van der Waals surface area contributed by atoms with Crippen LogP contribution in [0.15, 0.2) is 28.7 Å². The third kappa shape index (κ3) is 2.99. The van der Waals surface area contributed by atoms with Crippen molar-refractivity contribution in [1.29, 1.82) is 0 Å². The van der Waals surface area contributed by atoms with Gasteiger partial charge in [-0.25, -0.2) is 0 Å². The summed E-state index contributed by atoms with van der Waals surface area (Å²) in [7, 11) is -1.75. The Bertz CT molecular complexity index is 482. The van der Waals surface area contributed by atoms with Crippen molar-refractivity contribution < 1.29 is 9.22 Å².